The molecule has 4 nitrogen and oxygen atoms in total. The third-order valence-corrected chi connectivity index (χ3v) is 2.84. The number of benzene rings is 1. The number of hydrogen-bond donors (Lipinski definition) is 1. The van der Waals surface area contributed by atoms with Crippen LogP contribution < -0.4 is 5.32 Å². The summed E-state index contributed by atoms with van der Waals surface area (Å²) in [6.07, 6.45) is -8.52. The zero-order chi connectivity index (χ0) is 16.5. The van der Waals surface area contributed by atoms with E-state index in [1.54, 1.807) is 7.05 Å². The van der Waals surface area contributed by atoms with Gasteiger partial charge in [-0.2, -0.15) is 31.4 Å². The van der Waals surface area contributed by atoms with Gasteiger partial charge in [-0.25, -0.2) is 4.98 Å². The van der Waals surface area contributed by atoms with Crippen molar-refractivity contribution in [1.82, 2.24) is 14.8 Å². The molecule has 0 aliphatic carbocycles. The normalized spacial score (nSPS) is 12.5. The standard InChI is InChI=1S/C12H10F6N4/c1-22-10(20-6-21-22)5-19-9-3-7(11(13,14)15)2-8(4-9)12(16,17)18/h2-4,6,19H,5H2,1H3. The van der Waals surface area contributed by atoms with Crippen LogP contribution >= 0.6 is 0 Å². The first-order chi connectivity index (χ1) is 10.1. The molecule has 0 saturated carbocycles. The second-order valence-electron chi connectivity index (χ2n) is 4.45. The number of hydrogen-bond acceptors (Lipinski definition) is 3. The summed E-state index contributed by atoms with van der Waals surface area (Å²) < 4.78 is 77.5. The molecular formula is C12H10F6N4. The molecule has 1 N–H and O–H groups in total. The number of alkyl halides is 6. The van der Waals surface area contributed by atoms with Crippen LogP contribution in [0.2, 0.25) is 0 Å². The number of rotatable bonds is 3. The lowest BCUT2D eigenvalue weighted by Crippen LogP contribution is -2.13. The Bertz CT molecular complexity index is 626. The molecule has 2 aromatic rings. The lowest BCUT2D eigenvalue weighted by molar-refractivity contribution is -0.143. The van der Waals surface area contributed by atoms with Crippen molar-refractivity contribution in [2.75, 3.05) is 5.32 Å². The summed E-state index contributed by atoms with van der Waals surface area (Å²) in [6.45, 7) is -0.0604. The predicted octanol–water partition coefficient (Wildman–Crippen LogP) is 3.46. The smallest absolute Gasteiger partial charge is 0.378 e. The molecule has 1 aromatic carbocycles. The van der Waals surface area contributed by atoms with Gasteiger partial charge in [-0.05, 0) is 18.2 Å². The molecule has 0 unspecified atom stereocenters. The van der Waals surface area contributed by atoms with Crippen molar-refractivity contribution in [3.8, 4) is 0 Å². The summed E-state index contributed by atoms with van der Waals surface area (Å²) in [5.41, 5.74) is -3.05. The maximum Gasteiger partial charge on any atom is 0.416 e. The molecule has 1 aromatic heterocycles. The summed E-state index contributed by atoms with van der Waals surface area (Å²) in [5, 5.41) is 6.24. The lowest BCUT2D eigenvalue weighted by atomic mass is 10.1. The van der Waals surface area contributed by atoms with Crippen LogP contribution in [0, 0.1) is 0 Å². The molecular weight excluding hydrogens is 314 g/mol. The summed E-state index contributed by atoms with van der Waals surface area (Å²) >= 11 is 0. The highest BCUT2D eigenvalue weighted by atomic mass is 19.4. The van der Waals surface area contributed by atoms with Gasteiger partial charge in [0, 0.05) is 12.7 Å². The third-order valence-electron chi connectivity index (χ3n) is 2.84. The number of aryl methyl sites for hydroxylation is 1. The number of nitrogens with zero attached hydrogens (tertiary/aromatic N) is 3. The summed E-state index contributed by atoms with van der Waals surface area (Å²) in [4.78, 5) is 3.82. The fraction of sp³-hybridized carbons (Fsp3) is 0.333. The number of anilines is 1. The zero-order valence-corrected chi connectivity index (χ0v) is 11.1. The van der Waals surface area contributed by atoms with Gasteiger partial charge in [0.05, 0.1) is 17.7 Å². The highest BCUT2D eigenvalue weighted by Gasteiger charge is 2.36. The summed E-state index contributed by atoms with van der Waals surface area (Å²) in [6, 6.07) is 1.31. The van der Waals surface area contributed by atoms with Gasteiger partial charge >= 0.3 is 12.4 Å². The van der Waals surface area contributed by atoms with E-state index in [0.29, 0.717) is 18.0 Å². The molecule has 0 fully saturated rings. The second kappa shape index (κ2) is 5.50. The quantitative estimate of drug-likeness (QED) is 0.879. The van der Waals surface area contributed by atoms with E-state index in [4.69, 9.17) is 0 Å². The number of aromatic nitrogens is 3. The first-order valence-corrected chi connectivity index (χ1v) is 5.93. The highest BCUT2D eigenvalue weighted by Crippen LogP contribution is 2.37. The van der Waals surface area contributed by atoms with Gasteiger partial charge in [0.25, 0.3) is 0 Å². The minimum atomic E-state index is -4.87. The monoisotopic (exact) mass is 324 g/mol. The van der Waals surface area contributed by atoms with Crippen molar-refractivity contribution in [1.29, 1.82) is 0 Å². The second-order valence-corrected chi connectivity index (χ2v) is 4.45. The first-order valence-electron chi connectivity index (χ1n) is 5.93. The van der Waals surface area contributed by atoms with E-state index in [2.05, 4.69) is 15.4 Å². The Labute approximate surface area is 120 Å². The zero-order valence-electron chi connectivity index (χ0n) is 11.1. The molecule has 10 heteroatoms. The van der Waals surface area contributed by atoms with Crippen LogP contribution in [-0.2, 0) is 25.9 Å². The van der Waals surface area contributed by atoms with Gasteiger partial charge in [-0.3, -0.25) is 4.68 Å². The average molecular weight is 324 g/mol. The molecule has 0 spiro atoms. The van der Waals surface area contributed by atoms with Crippen LogP contribution in [0.1, 0.15) is 17.0 Å². The Hall–Kier alpha value is -2.26. The van der Waals surface area contributed by atoms with Gasteiger partial charge in [0.1, 0.15) is 12.2 Å². The molecule has 0 aliphatic rings. The van der Waals surface area contributed by atoms with Crippen molar-refractivity contribution in [2.24, 2.45) is 7.05 Å². The minimum absolute atomic E-state index is 0.0604. The predicted molar refractivity (Wildman–Crippen MR) is 64.8 cm³/mol. The summed E-state index contributed by atoms with van der Waals surface area (Å²) in [7, 11) is 1.55. The average Bonchev–Trinajstić information content (AvgIpc) is 2.79. The van der Waals surface area contributed by atoms with Crippen molar-refractivity contribution in [2.45, 2.75) is 18.9 Å². The maximum atomic E-state index is 12.7. The van der Waals surface area contributed by atoms with E-state index in [9.17, 15) is 26.3 Å². The molecule has 0 atom stereocenters. The number of halogens is 6. The van der Waals surface area contributed by atoms with Crippen LogP contribution in [0.15, 0.2) is 24.5 Å². The molecule has 120 valence electrons. The molecule has 0 aliphatic heterocycles. The van der Waals surface area contributed by atoms with Crippen LogP contribution in [0.4, 0.5) is 32.0 Å². The van der Waals surface area contributed by atoms with E-state index in [1.165, 1.54) is 11.0 Å². The molecule has 0 bridgehead atoms. The summed E-state index contributed by atoms with van der Waals surface area (Å²) in [5.74, 6) is 0.367. The topological polar surface area (TPSA) is 42.7 Å². The number of nitrogens with one attached hydrogen (secondary N) is 1. The lowest BCUT2D eigenvalue weighted by Gasteiger charge is -2.15. The van der Waals surface area contributed by atoms with Gasteiger partial charge in [0.2, 0.25) is 0 Å². The van der Waals surface area contributed by atoms with Crippen LogP contribution in [0.3, 0.4) is 0 Å². The van der Waals surface area contributed by atoms with Crippen molar-refractivity contribution < 1.29 is 26.3 Å². The van der Waals surface area contributed by atoms with Gasteiger partial charge in [-0.15, -0.1) is 0 Å². The molecule has 0 amide bonds. The first kappa shape index (κ1) is 16.1. The highest BCUT2D eigenvalue weighted by molar-refractivity contribution is 5.50. The van der Waals surface area contributed by atoms with E-state index >= 15 is 0 Å². The molecule has 2 rings (SSSR count). The van der Waals surface area contributed by atoms with Gasteiger partial charge < -0.3 is 5.32 Å². The molecule has 0 radical (unpaired) electrons. The Morgan fingerprint density at radius 2 is 1.55 bits per heavy atom. The van der Waals surface area contributed by atoms with E-state index in [-0.39, 0.29) is 18.3 Å². The Balaban J connectivity index is 2.32. The van der Waals surface area contributed by atoms with Crippen LogP contribution in [0.25, 0.3) is 0 Å². The van der Waals surface area contributed by atoms with Crippen LogP contribution in [0.5, 0.6) is 0 Å². The molecule has 22 heavy (non-hydrogen) atoms. The maximum absolute atomic E-state index is 12.7. The molecule has 1 heterocycles. The third kappa shape index (κ3) is 3.68. The van der Waals surface area contributed by atoms with E-state index in [1.807, 2.05) is 0 Å². The van der Waals surface area contributed by atoms with Crippen molar-refractivity contribution in [3.63, 3.8) is 0 Å². The Kier molecular flexibility index (Phi) is 4.03. The van der Waals surface area contributed by atoms with Crippen molar-refractivity contribution >= 4 is 5.69 Å². The minimum Gasteiger partial charge on any atom is -0.378 e. The van der Waals surface area contributed by atoms with Crippen LogP contribution in [-0.4, -0.2) is 14.8 Å². The fourth-order valence-corrected chi connectivity index (χ4v) is 1.72. The van der Waals surface area contributed by atoms with E-state index in [0.717, 1.165) is 0 Å². The Morgan fingerprint density at radius 1 is 1.00 bits per heavy atom. The molecule has 0 saturated heterocycles. The van der Waals surface area contributed by atoms with Gasteiger partial charge in [-0.1, -0.05) is 0 Å². The fourth-order valence-electron chi connectivity index (χ4n) is 1.72. The Morgan fingerprint density at radius 3 is 1.95 bits per heavy atom. The van der Waals surface area contributed by atoms with Crippen molar-refractivity contribution in [3.05, 3.63) is 41.5 Å². The van der Waals surface area contributed by atoms with Gasteiger partial charge in [0.15, 0.2) is 0 Å². The van der Waals surface area contributed by atoms with E-state index < -0.39 is 23.5 Å². The largest absolute Gasteiger partial charge is 0.416 e. The SMILES string of the molecule is Cn1ncnc1CNc1cc(C(F)(F)F)cc(C(F)(F)F)c1.